The third-order valence-corrected chi connectivity index (χ3v) is 7.91. The molecule has 2 rings (SSSR count). The van der Waals surface area contributed by atoms with Crippen molar-refractivity contribution in [3.63, 3.8) is 0 Å². The van der Waals surface area contributed by atoms with Crippen LogP contribution in [0.2, 0.25) is 0 Å². The van der Waals surface area contributed by atoms with Crippen molar-refractivity contribution < 1.29 is 62.3 Å². The van der Waals surface area contributed by atoms with Crippen LogP contribution in [0, 0.1) is 11.3 Å². The Morgan fingerprint density at radius 2 is 1.24 bits per heavy atom. The monoisotopic (exact) mass is 636 g/mol. The van der Waals surface area contributed by atoms with Gasteiger partial charge in [0.05, 0.1) is 6.10 Å². The van der Waals surface area contributed by atoms with E-state index in [1.807, 2.05) is 0 Å². The molecule has 0 spiro atoms. The molecule has 0 fully saturated rings. The van der Waals surface area contributed by atoms with Gasteiger partial charge in [-0.3, -0.25) is 28.8 Å². The number of ether oxygens (including phenoxy) is 6. The predicted molar refractivity (Wildman–Crippen MR) is 157 cm³/mol. The van der Waals surface area contributed by atoms with Gasteiger partial charge in [0.2, 0.25) is 0 Å². The lowest BCUT2D eigenvalue weighted by Gasteiger charge is -2.48. The lowest BCUT2D eigenvalue weighted by Crippen LogP contribution is -2.49. The number of esters is 6. The van der Waals surface area contributed by atoms with Gasteiger partial charge in [0.1, 0.15) is 24.9 Å². The Morgan fingerprint density at radius 3 is 1.71 bits per heavy atom. The van der Waals surface area contributed by atoms with E-state index >= 15 is 0 Å². The molecule has 0 aromatic heterocycles. The molecule has 0 heterocycles. The molecule has 0 aromatic rings. The van der Waals surface area contributed by atoms with E-state index in [1.54, 1.807) is 20.8 Å². The minimum absolute atomic E-state index is 0.139. The summed E-state index contributed by atoms with van der Waals surface area (Å²) in [4.78, 5) is 73.8. The van der Waals surface area contributed by atoms with Gasteiger partial charge in [-0.2, -0.15) is 0 Å². The zero-order valence-electron chi connectivity index (χ0n) is 27.5. The van der Waals surface area contributed by atoms with Crippen LogP contribution in [0.15, 0.2) is 34.1 Å². The van der Waals surface area contributed by atoms with Gasteiger partial charge in [0.15, 0.2) is 11.9 Å². The van der Waals surface area contributed by atoms with E-state index in [0.29, 0.717) is 11.1 Å². The molecule has 13 heteroatoms. The summed E-state index contributed by atoms with van der Waals surface area (Å²) < 4.78 is 33.8. The molecule has 0 radical (unpaired) electrons. The van der Waals surface area contributed by atoms with Gasteiger partial charge in [-0.15, -0.1) is 0 Å². The van der Waals surface area contributed by atoms with Crippen LogP contribution in [-0.2, 0) is 57.2 Å². The summed E-state index contributed by atoms with van der Waals surface area (Å²) in [6.07, 6.45) is -4.72. The van der Waals surface area contributed by atoms with E-state index in [1.165, 1.54) is 40.7 Å². The summed E-state index contributed by atoms with van der Waals surface area (Å²) in [5.74, 6) is -5.00. The van der Waals surface area contributed by atoms with E-state index in [-0.39, 0.29) is 36.4 Å². The largest absolute Gasteiger partial charge is 0.461 e. The summed E-state index contributed by atoms with van der Waals surface area (Å²) >= 11 is 0. The minimum atomic E-state index is -1.43. The highest BCUT2D eigenvalue weighted by Gasteiger charge is 2.51. The molecule has 0 amide bonds. The number of aliphatic hydroxyl groups is 1. The van der Waals surface area contributed by atoms with Crippen LogP contribution in [0.25, 0.3) is 0 Å². The fourth-order valence-electron chi connectivity index (χ4n) is 6.02. The molecule has 0 aromatic carbocycles. The molecule has 1 N–H and O–H groups in total. The molecule has 0 aliphatic heterocycles. The number of hydrogen-bond acceptors (Lipinski definition) is 13. The maximum atomic E-state index is 12.6. The number of hydrogen-bond donors (Lipinski definition) is 1. The van der Waals surface area contributed by atoms with Crippen LogP contribution in [-0.4, -0.2) is 78.0 Å². The van der Waals surface area contributed by atoms with Crippen molar-refractivity contribution in [3.05, 3.63) is 34.1 Å². The number of aliphatic hydroxyl groups excluding tert-OH is 1. The Bertz CT molecular complexity index is 1300. The first-order valence-electron chi connectivity index (χ1n) is 14.6. The van der Waals surface area contributed by atoms with Crippen molar-refractivity contribution >= 4 is 35.8 Å². The summed E-state index contributed by atoms with van der Waals surface area (Å²) in [5.41, 5.74) is 0.140. The van der Waals surface area contributed by atoms with Crippen LogP contribution in [0.1, 0.15) is 82.1 Å². The first-order chi connectivity index (χ1) is 20.8. The molecule has 6 atom stereocenters. The standard InChI is InChI=1S/C32H44O13/c1-15-26(41-18(4)34)12-24-28(43-20(6)36)11-23(14-40-17(3)33)25(39)13-27(42-19(5)35)16(2)30(44-21(7)37)31(45-22(8)38)29(15)32(24,9)10/h11,24-28,31,39H,12-14H2,1-10H3/b23-11+,30-16?/t24-,25-,26-,27-,28-,31+/m0/s1. The Kier molecular flexibility index (Phi) is 12.7. The molecule has 45 heavy (non-hydrogen) atoms. The van der Waals surface area contributed by atoms with Crippen LogP contribution >= 0.6 is 0 Å². The number of rotatable bonds is 7. The maximum absolute atomic E-state index is 12.6. The fraction of sp³-hybridized carbons (Fsp3) is 0.625. The minimum Gasteiger partial charge on any atom is -0.461 e. The second-order valence-corrected chi connectivity index (χ2v) is 11.8. The molecule has 0 saturated carbocycles. The van der Waals surface area contributed by atoms with Crippen LogP contribution in [0.3, 0.4) is 0 Å². The molecule has 2 aliphatic rings. The van der Waals surface area contributed by atoms with Crippen molar-refractivity contribution in [3.8, 4) is 0 Å². The molecular weight excluding hydrogens is 592 g/mol. The van der Waals surface area contributed by atoms with Gasteiger partial charge in [0.25, 0.3) is 0 Å². The molecule has 0 unspecified atom stereocenters. The van der Waals surface area contributed by atoms with Gasteiger partial charge in [0, 0.05) is 59.5 Å². The van der Waals surface area contributed by atoms with Crippen molar-refractivity contribution in [1.29, 1.82) is 0 Å². The van der Waals surface area contributed by atoms with Crippen LogP contribution in [0.5, 0.6) is 0 Å². The quantitative estimate of drug-likeness (QED) is 0.245. The molecule has 250 valence electrons. The average molecular weight is 637 g/mol. The Labute approximate surface area is 262 Å². The lowest BCUT2D eigenvalue weighted by molar-refractivity contribution is -0.156. The SMILES string of the molecule is CC(=O)OC/C1=C\[C@H](OC(C)=O)[C@@H]2C[C@H](OC(C)=O)C(C)=C([C@@H](OC(C)=O)C(OC(C)=O)=C(C)[C@@H](OC(C)=O)C[C@@H]1O)C2(C)C. The van der Waals surface area contributed by atoms with E-state index in [9.17, 15) is 33.9 Å². The van der Waals surface area contributed by atoms with Crippen LogP contribution in [0.4, 0.5) is 0 Å². The third kappa shape index (κ3) is 9.74. The first kappa shape index (κ1) is 37.2. The smallest absolute Gasteiger partial charge is 0.307 e. The van der Waals surface area contributed by atoms with Crippen molar-refractivity contribution in [2.75, 3.05) is 6.61 Å². The van der Waals surface area contributed by atoms with Gasteiger partial charge in [-0.25, -0.2) is 0 Å². The summed E-state index contributed by atoms with van der Waals surface area (Å²) in [7, 11) is 0. The van der Waals surface area contributed by atoms with Crippen molar-refractivity contribution in [1.82, 2.24) is 0 Å². The zero-order chi connectivity index (χ0) is 34.4. The molecule has 0 saturated heterocycles. The molecule has 2 bridgehead atoms. The van der Waals surface area contributed by atoms with E-state index < -0.39 is 77.7 Å². The number of fused-ring (bicyclic) bond motifs is 2. The normalized spacial score (nSPS) is 27.8. The topological polar surface area (TPSA) is 178 Å². The fourth-order valence-corrected chi connectivity index (χ4v) is 6.02. The number of carbonyl (C=O) groups is 6. The summed E-state index contributed by atoms with van der Waals surface area (Å²) in [6, 6.07) is 0. The van der Waals surface area contributed by atoms with Crippen molar-refractivity contribution in [2.24, 2.45) is 11.3 Å². The second-order valence-electron chi connectivity index (χ2n) is 11.8. The van der Waals surface area contributed by atoms with Crippen molar-refractivity contribution in [2.45, 2.75) is 113 Å². The highest BCUT2D eigenvalue weighted by molar-refractivity contribution is 5.71. The first-order valence-corrected chi connectivity index (χ1v) is 14.6. The molecule has 2 aliphatic carbocycles. The van der Waals surface area contributed by atoms with Gasteiger partial charge in [-0.1, -0.05) is 13.8 Å². The number of carbonyl (C=O) groups excluding carboxylic acids is 6. The van der Waals surface area contributed by atoms with Gasteiger partial charge < -0.3 is 33.5 Å². The highest BCUT2D eigenvalue weighted by Crippen LogP contribution is 2.51. The second kappa shape index (κ2) is 15.3. The predicted octanol–water partition coefficient (Wildman–Crippen LogP) is 3.17. The molecular formula is C32H44O13. The van der Waals surface area contributed by atoms with E-state index in [0.717, 1.165) is 13.8 Å². The highest BCUT2D eigenvalue weighted by atomic mass is 16.6. The third-order valence-electron chi connectivity index (χ3n) is 7.91. The van der Waals surface area contributed by atoms with E-state index in [4.69, 9.17) is 28.4 Å². The Morgan fingerprint density at radius 1 is 0.733 bits per heavy atom. The van der Waals surface area contributed by atoms with Crippen LogP contribution < -0.4 is 0 Å². The van der Waals surface area contributed by atoms with Gasteiger partial charge >= 0.3 is 35.8 Å². The Balaban J connectivity index is 3.15. The lowest BCUT2D eigenvalue weighted by atomic mass is 9.60. The maximum Gasteiger partial charge on any atom is 0.307 e. The summed E-state index contributed by atoms with van der Waals surface area (Å²) in [6.45, 7) is 13.5. The Hall–Kier alpha value is -4.00. The summed E-state index contributed by atoms with van der Waals surface area (Å²) in [5, 5.41) is 11.5. The van der Waals surface area contributed by atoms with E-state index in [2.05, 4.69) is 0 Å². The average Bonchev–Trinajstić information content (AvgIpc) is 2.87. The molecule has 13 nitrogen and oxygen atoms in total. The van der Waals surface area contributed by atoms with Gasteiger partial charge in [-0.05, 0) is 48.5 Å². The zero-order valence-corrected chi connectivity index (χ0v) is 27.5.